The third-order valence-electron chi connectivity index (χ3n) is 3.80. The molecule has 0 heterocycles. The molecule has 0 saturated heterocycles. The standard InChI is InChI=1S/C15H13N/c1-15(9-12(15)10-16)14-8-4-6-11-5-2-3-7-13(11)14/h2-8,12H,9H2,1H3. The number of nitrogens with zero attached hydrogens (tertiary/aromatic N) is 1. The maximum Gasteiger partial charge on any atom is 0.0665 e. The van der Waals surface area contributed by atoms with Crippen molar-refractivity contribution < 1.29 is 0 Å². The molecule has 3 rings (SSSR count). The average molecular weight is 207 g/mol. The fraction of sp³-hybridized carbons (Fsp3) is 0.267. The number of nitriles is 1. The Morgan fingerprint density at radius 3 is 2.69 bits per heavy atom. The third kappa shape index (κ3) is 1.17. The molecule has 0 bridgehead atoms. The van der Waals surface area contributed by atoms with Gasteiger partial charge in [-0.15, -0.1) is 0 Å². The zero-order chi connectivity index (χ0) is 11.2. The SMILES string of the molecule is CC1(c2cccc3ccccc23)CC1C#N. The van der Waals surface area contributed by atoms with Crippen LogP contribution < -0.4 is 0 Å². The smallest absolute Gasteiger partial charge is 0.0665 e. The molecule has 2 unspecified atom stereocenters. The van der Waals surface area contributed by atoms with Crippen molar-refractivity contribution in [3.8, 4) is 6.07 Å². The van der Waals surface area contributed by atoms with Gasteiger partial charge in [-0.2, -0.15) is 5.26 Å². The Labute approximate surface area is 95.3 Å². The fourth-order valence-corrected chi connectivity index (χ4v) is 2.57. The summed E-state index contributed by atoms with van der Waals surface area (Å²) in [5.74, 6) is 0.193. The topological polar surface area (TPSA) is 23.8 Å². The number of hydrogen-bond acceptors (Lipinski definition) is 1. The Kier molecular flexibility index (Phi) is 1.82. The van der Waals surface area contributed by atoms with Gasteiger partial charge in [0.1, 0.15) is 0 Å². The lowest BCUT2D eigenvalue weighted by Crippen LogP contribution is -2.04. The lowest BCUT2D eigenvalue weighted by atomic mass is 9.91. The molecule has 0 N–H and O–H groups in total. The van der Waals surface area contributed by atoms with Crippen LogP contribution in [0.2, 0.25) is 0 Å². The Hall–Kier alpha value is -1.81. The van der Waals surface area contributed by atoms with Crippen LogP contribution >= 0.6 is 0 Å². The predicted octanol–water partition coefficient (Wildman–Crippen LogP) is 3.64. The van der Waals surface area contributed by atoms with Crippen LogP contribution in [0.15, 0.2) is 42.5 Å². The van der Waals surface area contributed by atoms with Gasteiger partial charge in [0.05, 0.1) is 12.0 Å². The van der Waals surface area contributed by atoms with E-state index in [1.807, 2.05) is 0 Å². The van der Waals surface area contributed by atoms with Gasteiger partial charge in [0.15, 0.2) is 0 Å². The van der Waals surface area contributed by atoms with E-state index in [0.29, 0.717) is 0 Å². The summed E-state index contributed by atoms with van der Waals surface area (Å²) in [6.07, 6.45) is 0.998. The van der Waals surface area contributed by atoms with Crippen molar-refractivity contribution in [3.05, 3.63) is 48.0 Å². The highest BCUT2D eigenvalue weighted by molar-refractivity contribution is 5.87. The van der Waals surface area contributed by atoms with E-state index in [4.69, 9.17) is 5.26 Å². The minimum Gasteiger partial charge on any atom is -0.198 e. The monoisotopic (exact) mass is 207 g/mol. The molecule has 1 heteroatoms. The molecule has 2 atom stereocenters. The first-order chi connectivity index (χ1) is 7.75. The maximum absolute atomic E-state index is 9.03. The molecule has 0 radical (unpaired) electrons. The van der Waals surface area contributed by atoms with Gasteiger partial charge >= 0.3 is 0 Å². The van der Waals surface area contributed by atoms with Gasteiger partial charge in [-0.25, -0.2) is 0 Å². The minimum absolute atomic E-state index is 0.0790. The van der Waals surface area contributed by atoms with Crippen molar-refractivity contribution in [2.45, 2.75) is 18.8 Å². The largest absolute Gasteiger partial charge is 0.198 e. The second kappa shape index (κ2) is 3.09. The molecule has 78 valence electrons. The lowest BCUT2D eigenvalue weighted by Gasteiger charge is -2.12. The van der Waals surface area contributed by atoms with Gasteiger partial charge in [0.25, 0.3) is 0 Å². The van der Waals surface area contributed by atoms with Crippen LogP contribution in [0.4, 0.5) is 0 Å². The Morgan fingerprint density at radius 2 is 1.94 bits per heavy atom. The number of rotatable bonds is 1. The molecule has 1 fully saturated rings. The highest BCUT2D eigenvalue weighted by Gasteiger charge is 2.52. The van der Waals surface area contributed by atoms with Crippen LogP contribution in [0.1, 0.15) is 18.9 Å². The van der Waals surface area contributed by atoms with Crippen LogP contribution in [-0.2, 0) is 5.41 Å². The molecule has 16 heavy (non-hydrogen) atoms. The molecule has 0 spiro atoms. The number of fused-ring (bicyclic) bond motifs is 1. The van der Waals surface area contributed by atoms with Crippen molar-refractivity contribution in [2.75, 3.05) is 0 Å². The second-order valence-electron chi connectivity index (χ2n) is 4.83. The minimum atomic E-state index is 0.0790. The average Bonchev–Trinajstić information content (AvgIpc) is 3.01. The molecule has 0 aliphatic heterocycles. The van der Waals surface area contributed by atoms with Crippen LogP contribution in [0.5, 0.6) is 0 Å². The van der Waals surface area contributed by atoms with Crippen LogP contribution in [0, 0.1) is 17.2 Å². The Balaban J connectivity index is 2.23. The van der Waals surface area contributed by atoms with Crippen molar-refractivity contribution in [1.29, 1.82) is 5.26 Å². The Morgan fingerprint density at radius 1 is 1.19 bits per heavy atom. The molecular weight excluding hydrogens is 194 g/mol. The van der Waals surface area contributed by atoms with E-state index in [1.165, 1.54) is 16.3 Å². The van der Waals surface area contributed by atoms with E-state index >= 15 is 0 Å². The van der Waals surface area contributed by atoms with Gasteiger partial charge in [-0.05, 0) is 22.8 Å². The molecule has 0 amide bonds. The normalized spacial score (nSPS) is 27.6. The van der Waals surface area contributed by atoms with Gasteiger partial charge in [0, 0.05) is 5.41 Å². The third-order valence-corrected chi connectivity index (χ3v) is 3.80. The zero-order valence-corrected chi connectivity index (χ0v) is 9.27. The molecule has 2 aromatic rings. The molecular formula is C15H13N. The van der Waals surface area contributed by atoms with Gasteiger partial charge in [0.2, 0.25) is 0 Å². The van der Waals surface area contributed by atoms with E-state index in [2.05, 4.69) is 55.5 Å². The van der Waals surface area contributed by atoms with E-state index in [1.54, 1.807) is 0 Å². The first-order valence-corrected chi connectivity index (χ1v) is 5.63. The van der Waals surface area contributed by atoms with Crippen LogP contribution in [0.25, 0.3) is 10.8 Å². The number of benzene rings is 2. The predicted molar refractivity (Wildman–Crippen MR) is 65.0 cm³/mol. The highest BCUT2D eigenvalue weighted by Crippen LogP contribution is 2.54. The summed E-state index contributed by atoms with van der Waals surface area (Å²) in [4.78, 5) is 0. The molecule has 1 nitrogen and oxygen atoms in total. The van der Waals surface area contributed by atoms with E-state index in [9.17, 15) is 0 Å². The zero-order valence-electron chi connectivity index (χ0n) is 9.27. The quantitative estimate of drug-likeness (QED) is 0.700. The van der Waals surface area contributed by atoms with Crippen molar-refractivity contribution in [3.63, 3.8) is 0 Å². The summed E-state index contributed by atoms with van der Waals surface area (Å²) in [7, 11) is 0. The van der Waals surface area contributed by atoms with E-state index < -0.39 is 0 Å². The lowest BCUT2D eigenvalue weighted by molar-refractivity contribution is 0.749. The van der Waals surface area contributed by atoms with Crippen LogP contribution in [-0.4, -0.2) is 0 Å². The van der Waals surface area contributed by atoms with Gasteiger partial charge in [-0.3, -0.25) is 0 Å². The molecule has 1 aliphatic rings. The van der Waals surface area contributed by atoms with Crippen LogP contribution in [0.3, 0.4) is 0 Å². The summed E-state index contributed by atoms with van der Waals surface area (Å²) in [6, 6.07) is 17.2. The first kappa shape index (κ1) is 9.42. The first-order valence-electron chi connectivity index (χ1n) is 5.63. The fourth-order valence-electron chi connectivity index (χ4n) is 2.57. The molecule has 1 aliphatic carbocycles. The second-order valence-corrected chi connectivity index (χ2v) is 4.83. The highest BCUT2D eigenvalue weighted by atomic mass is 14.5. The maximum atomic E-state index is 9.03. The van der Waals surface area contributed by atoms with E-state index in [-0.39, 0.29) is 11.3 Å². The molecule has 0 aromatic heterocycles. The summed E-state index contributed by atoms with van der Waals surface area (Å²) < 4.78 is 0. The summed E-state index contributed by atoms with van der Waals surface area (Å²) >= 11 is 0. The van der Waals surface area contributed by atoms with E-state index in [0.717, 1.165) is 6.42 Å². The summed E-state index contributed by atoms with van der Waals surface area (Å²) in [5, 5.41) is 11.6. The van der Waals surface area contributed by atoms with Crippen molar-refractivity contribution in [2.24, 2.45) is 5.92 Å². The Bertz CT molecular complexity index is 588. The number of hydrogen-bond donors (Lipinski definition) is 0. The van der Waals surface area contributed by atoms with Crippen molar-refractivity contribution in [1.82, 2.24) is 0 Å². The molecule has 2 aromatic carbocycles. The molecule has 1 saturated carbocycles. The van der Waals surface area contributed by atoms with Gasteiger partial charge < -0.3 is 0 Å². The van der Waals surface area contributed by atoms with Crippen molar-refractivity contribution >= 4 is 10.8 Å². The summed E-state index contributed by atoms with van der Waals surface area (Å²) in [5.41, 5.74) is 1.41. The van der Waals surface area contributed by atoms with Gasteiger partial charge in [-0.1, -0.05) is 49.4 Å². The summed E-state index contributed by atoms with van der Waals surface area (Å²) in [6.45, 7) is 2.20.